The minimum absolute atomic E-state index is 0.122. The first-order chi connectivity index (χ1) is 8.58. The number of methoxy groups -OCH3 is 1. The molecule has 0 bridgehead atoms. The van der Waals surface area contributed by atoms with Crippen molar-refractivity contribution in [3.05, 3.63) is 28.8 Å². The van der Waals surface area contributed by atoms with Gasteiger partial charge in [0, 0.05) is 16.6 Å². The van der Waals surface area contributed by atoms with E-state index in [0.717, 1.165) is 11.3 Å². The molecule has 0 spiro atoms. The molecule has 0 aliphatic rings. The van der Waals surface area contributed by atoms with Gasteiger partial charge in [0.15, 0.2) is 0 Å². The number of benzene rings is 1. The first-order valence-corrected chi connectivity index (χ1v) is 6.12. The summed E-state index contributed by atoms with van der Waals surface area (Å²) in [5, 5.41) is 3.79. The molecule has 100 valence electrons. The smallest absolute Gasteiger partial charge is 0.308 e. The topological polar surface area (TPSA) is 47.6 Å². The van der Waals surface area contributed by atoms with Gasteiger partial charge in [0.05, 0.1) is 20.1 Å². The lowest BCUT2D eigenvalue weighted by Gasteiger charge is -2.16. The van der Waals surface area contributed by atoms with E-state index in [-0.39, 0.29) is 25.0 Å². The normalized spacial score (nSPS) is 12.0. The van der Waals surface area contributed by atoms with Gasteiger partial charge in [-0.2, -0.15) is 0 Å². The maximum Gasteiger partial charge on any atom is 0.308 e. The highest BCUT2D eigenvalue weighted by molar-refractivity contribution is 6.30. The summed E-state index contributed by atoms with van der Waals surface area (Å²) in [6.45, 7) is 2.30. The van der Waals surface area contributed by atoms with Crippen LogP contribution in [0.15, 0.2) is 18.2 Å². The predicted molar refractivity (Wildman–Crippen MR) is 71.1 cm³/mol. The summed E-state index contributed by atoms with van der Waals surface area (Å²) in [7, 11) is 3.23. The Kier molecular flexibility index (Phi) is 5.95. The highest BCUT2D eigenvalue weighted by Crippen LogP contribution is 2.28. The fraction of sp³-hybridized carbons (Fsp3) is 0.462. The molecule has 0 aromatic heterocycles. The zero-order chi connectivity index (χ0) is 13.5. The molecule has 4 nitrogen and oxygen atoms in total. The van der Waals surface area contributed by atoms with Gasteiger partial charge in [-0.1, -0.05) is 11.6 Å². The van der Waals surface area contributed by atoms with Crippen LogP contribution in [-0.4, -0.2) is 26.7 Å². The Morgan fingerprint density at radius 1 is 1.50 bits per heavy atom. The summed E-state index contributed by atoms with van der Waals surface area (Å²) < 4.78 is 10.1. The van der Waals surface area contributed by atoms with Crippen molar-refractivity contribution in [1.82, 2.24) is 5.32 Å². The Labute approximate surface area is 112 Å². The van der Waals surface area contributed by atoms with E-state index in [1.54, 1.807) is 6.07 Å². The lowest BCUT2D eigenvalue weighted by Crippen LogP contribution is -2.15. The van der Waals surface area contributed by atoms with Crippen molar-refractivity contribution in [3.8, 4) is 5.75 Å². The molecule has 0 saturated carbocycles. The van der Waals surface area contributed by atoms with Crippen molar-refractivity contribution in [2.45, 2.75) is 19.4 Å². The summed E-state index contributed by atoms with van der Waals surface area (Å²) in [6, 6.07) is 5.55. The lowest BCUT2D eigenvalue weighted by atomic mass is 10.1. The monoisotopic (exact) mass is 271 g/mol. The average Bonchev–Trinajstić information content (AvgIpc) is 2.39. The van der Waals surface area contributed by atoms with E-state index in [9.17, 15) is 4.79 Å². The molecule has 1 aromatic rings. The van der Waals surface area contributed by atoms with Gasteiger partial charge < -0.3 is 14.8 Å². The molecule has 5 heteroatoms. The zero-order valence-electron chi connectivity index (χ0n) is 10.8. The van der Waals surface area contributed by atoms with E-state index in [2.05, 4.69) is 10.1 Å². The van der Waals surface area contributed by atoms with E-state index >= 15 is 0 Å². The van der Waals surface area contributed by atoms with Crippen LogP contribution in [0.1, 0.15) is 24.9 Å². The van der Waals surface area contributed by atoms with Gasteiger partial charge in [-0.3, -0.25) is 4.79 Å². The number of ether oxygens (including phenoxy) is 2. The molecule has 0 radical (unpaired) electrons. The molecule has 1 aromatic carbocycles. The Bertz CT molecular complexity index is 409. The van der Waals surface area contributed by atoms with E-state index in [1.807, 2.05) is 26.1 Å². The summed E-state index contributed by atoms with van der Waals surface area (Å²) in [5.74, 6) is 0.442. The average molecular weight is 272 g/mol. The maximum atomic E-state index is 11.0. The van der Waals surface area contributed by atoms with Gasteiger partial charge in [0.25, 0.3) is 0 Å². The van der Waals surface area contributed by atoms with Crippen LogP contribution in [0.3, 0.4) is 0 Å². The quantitative estimate of drug-likeness (QED) is 0.808. The van der Waals surface area contributed by atoms with Gasteiger partial charge in [-0.05, 0) is 32.2 Å². The standard InChI is InChI=1S/C13H18ClNO3/c1-9(15-2)11-8-10(14)4-5-12(11)18-7-6-13(16)17-3/h4-5,8-9,15H,6-7H2,1-3H3. The molecule has 0 saturated heterocycles. The predicted octanol–water partition coefficient (Wildman–Crippen LogP) is 2.56. The van der Waals surface area contributed by atoms with E-state index < -0.39 is 0 Å². The maximum absolute atomic E-state index is 11.0. The largest absolute Gasteiger partial charge is 0.493 e. The van der Waals surface area contributed by atoms with E-state index in [4.69, 9.17) is 16.3 Å². The number of esters is 1. The van der Waals surface area contributed by atoms with Gasteiger partial charge in [0.2, 0.25) is 0 Å². The van der Waals surface area contributed by atoms with Crippen LogP contribution in [0, 0.1) is 0 Å². The van der Waals surface area contributed by atoms with E-state index in [0.29, 0.717) is 5.02 Å². The second kappa shape index (κ2) is 7.24. The molecule has 18 heavy (non-hydrogen) atoms. The number of carbonyl (C=O) groups is 1. The number of carbonyl (C=O) groups excluding carboxylic acids is 1. The summed E-state index contributed by atoms with van der Waals surface area (Å²) >= 11 is 5.97. The van der Waals surface area contributed by atoms with Gasteiger partial charge in [-0.25, -0.2) is 0 Å². The van der Waals surface area contributed by atoms with Crippen LogP contribution >= 0.6 is 11.6 Å². The molecule has 1 unspecified atom stereocenters. The fourth-order valence-electron chi connectivity index (χ4n) is 1.49. The number of rotatable bonds is 6. The zero-order valence-corrected chi connectivity index (χ0v) is 11.6. The minimum atomic E-state index is -0.285. The molecule has 1 N–H and O–H groups in total. The van der Waals surface area contributed by atoms with Crippen molar-refractivity contribution in [2.75, 3.05) is 20.8 Å². The van der Waals surface area contributed by atoms with Crippen LogP contribution < -0.4 is 10.1 Å². The first kappa shape index (κ1) is 14.8. The summed E-state index contributed by atoms with van der Waals surface area (Å²) in [5.41, 5.74) is 0.967. The second-order valence-corrected chi connectivity index (χ2v) is 4.30. The Morgan fingerprint density at radius 3 is 2.83 bits per heavy atom. The molecule has 0 heterocycles. The van der Waals surface area contributed by atoms with Crippen LogP contribution in [0.5, 0.6) is 5.75 Å². The second-order valence-electron chi connectivity index (χ2n) is 3.87. The van der Waals surface area contributed by atoms with Crippen molar-refractivity contribution >= 4 is 17.6 Å². The molecule has 1 rings (SSSR count). The number of hydrogen-bond donors (Lipinski definition) is 1. The van der Waals surface area contributed by atoms with Crippen LogP contribution in [0.2, 0.25) is 5.02 Å². The minimum Gasteiger partial charge on any atom is -0.493 e. The highest BCUT2D eigenvalue weighted by atomic mass is 35.5. The van der Waals surface area contributed by atoms with E-state index in [1.165, 1.54) is 7.11 Å². The van der Waals surface area contributed by atoms with Crippen LogP contribution in [0.4, 0.5) is 0 Å². The van der Waals surface area contributed by atoms with Crippen molar-refractivity contribution in [1.29, 1.82) is 0 Å². The molecule has 0 fully saturated rings. The number of nitrogens with one attached hydrogen (secondary N) is 1. The molecule has 0 amide bonds. The Balaban J connectivity index is 2.72. The van der Waals surface area contributed by atoms with Gasteiger partial charge in [-0.15, -0.1) is 0 Å². The highest BCUT2D eigenvalue weighted by Gasteiger charge is 2.11. The molecular formula is C13H18ClNO3. The Morgan fingerprint density at radius 2 is 2.22 bits per heavy atom. The first-order valence-electron chi connectivity index (χ1n) is 5.74. The van der Waals surface area contributed by atoms with Crippen LogP contribution in [-0.2, 0) is 9.53 Å². The Hall–Kier alpha value is -1.26. The van der Waals surface area contributed by atoms with Gasteiger partial charge >= 0.3 is 5.97 Å². The third kappa shape index (κ3) is 4.20. The van der Waals surface area contributed by atoms with Crippen molar-refractivity contribution in [2.24, 2.45) is 0 Å². The summed E-state index contributed by atoms with van der Waals surface area (Å²) in [6.07, 6.45) is 0.229. The third-order valence-corrected chi connectivity index (χ3v) is 2.90. The molecular weight excluding hydrogens is 254 g/mol. The molecule has 1 atom stereocenters. The summed E-state index contributed by atoms with van der Waals surface area (Å²) in [4.78, 5) is 11.0. The third-order valence-electron chi connectivity index (χ3n) is 2.66. The molecule has 0 aliphatic heterocycles. The van der Waals surface area contributed by atoms with Crippen molar-refractivity contribution in [3.63, 3.8) is 0 Å². The lowest BCUT2D eigenvalue weighted by molar-refractivity contribution is -0.141. The van der Waals surface area contributed by atoms with Crippen LogP contribution in [0.25, 0.3) is 0 Å². The SMILES string of the molecule is CNC(C)c1cc(Cl)ccc1OCCC(=O)OC. The number of hydrogen-bond acceptors (Lipinski definition) is 4. The number of halogens is 1. The van der Waals surface area contributed by atoms with Crippen molar-refractivity contribution < 1.29 is 14.3 Å². The molecule has 0 aliphatic carbocycles. The van der Waals surface area contributed by atoms with Gasteiger partial charge in [0.1, 0.15) is 5.75 Å². The fourth-order valence-corrected chi connectivity index (χ4v) is 1.67.